The van der Waals surface area contributed by atoms with Gasteiger partial charge >= 0.3 is 0 Å². The van der Waals surface area contributed by atoms with E-state index in [9.17, 15) is 9.18 Å². The van der Waals surface area contributed by atoms with Crippen LogP contribution in [0.3, 0.4) is 0 Å². The highest BCUT2D eigenvalue weighted by atomic mass is 19.1. The lowest BCUT2D eigenvalue weighted by Crippen LogP contribution is -2.12. The number of aromatic nitrogens is 2. The van der Waals surface area contributed by atoms with Gasteiger partial charge in [0.25, 0.3) is 5.91 Å². The van der Waals surface area contributed by atoms with Gasteiger partial charge in [0.1, 0.15) is 11.6 Å². The number of nitrogens with one attached hydrogen (secondary N) is 1. The standard InChI is InChI=1S/C22H16FN3O3/c1-28-17-6-4-5-15(13-17)21-25-26-22(29-21)18-7-2-3-8-19(18)24-20(27)14-9-11-16(23)12-10-14/h2-13H,1H3,(H,24,27). The Morgan fingerprint density at radius 1 is 0.966 bits per heavy atom. The van der Waals surface area contributed by atoms with Crippen LogP contribution < -0.4 is 10.1 Å². The molecule has 0 bridgehead atoms. The molecule has 0 radical (unpaired) electrons. The highest BCUT2D eigenvalue weighted by Crippen LogP contribution is 2.30. The van der Waals surface area contributed by atoms with E-state index in [0.717, 1.165) is 5.56 Å². The molecule has 0 atom stereocenters. The van der Waals surface area contributed by atoms with Crippen molar-refractivity contribution in [2.24, 2.45) is 0 Å². The summed E-state index contributed by atoms with van der Waals surface area (Å²) in [7, 11) is 1.58. The molecule has 1 heterocycles. The zero-order valence-electron chi connectivity index (χ0n) is 15.4. The number of rotatable bonds is 5. The Labute approximate surface area is 166 Å². The predicted molar refractivity (Wildman–Crippen MR) is 106 cm³/mol. The van der Waals surface area contributed by atoms with Crippen molar-refractivity contribution in [1.29, 1.82) is 0 Å². The average molecular weight is 389 g/mol. The van der Waals surface area contributed by atoms with Crippen LogP contribution >= 0.6 is 0 Å². The van der Waals surface area contributed by atoms with Crippen molar-refractivity contribution in [3.8, 4) is 28.7 Å². The van der Waals surface area contributed by atoms with Crippen LogP contribution in [0.5, 0.6) is 5.75 Å². The molecule has 0 spiro atoms. The summed E-state index contributed by atoms with van der Waals surface area (Å²) in [5.74, 6) is 0.494. The van der Waals surface area contributed by atoms with E-state index in [-0.39, 0.29) is 11.8 Å². The van der Waals surface area contributed by atoms with Crippen LogP contribution in [0.2, 0.25) is 0 Å². The number of carbonyl (C=O) groups is 1. The van der Waals surface area contributed by atoms with Crippen molar-refractivity contribution in [3.05, 3.63) is 84.2 Å². The number of amides is 1. The molecule has 144 valence electrons. The van der Waals surface area contributed by atoms with Gasteiger partial charge in [-0.25, -0.2) is 4.39 Å². The van der Waals surface area contributed by atoms with Crippen molar-refractivity contribution in [1.82, 2.24) is 10.2 Å². The second-order valence-electron chi connectivity index (χ2n) is 6.15. The van der Waals surface area contributed by atoms with E-state index in [1.165, 1.54) is 24.3 Å². The van der Waals surface area contributed by atoms with Crippen LogP contribution in [-0.4, -0.2) is 23.2 Å². The molecule has 0 fully saturated rings. The molecule has 1 aromatic heterocycles. The Bertz CT molecular complexity index is 1160. The largest absolute Gasteiger partial charge is 0.497 e. The van der Waals surface area contributed by atoms with E-state index in [4.69, 9.17) is 9.15 Å². The van der Waals surface area contributed by atoms with Crippen molar-refractivity contribution in [3.63, 3.8) is 0 Å². The molecule has 0 unspecified atom stereocenters. The molecular weight excluding hydrogens is 373 g/mol. The molecule has 6 nitrogen and oxygen atoms in total. The summed E-state index contributed by atoms with van der Waals surface area (Å²) in [6, 6.07) is 19.7. The number of hydrogen-bond acceptors (Lipinski definition) is 5. The van der Waals surface area contributed by atoms with Gasteiger partial charge in [-0.05, 0) is 54.6 Å². The van der Waals surface area contributed by atoms with Gasteiger partial charge in [-0.2, -0.15) is 0 Å². The number of benzene rings is 3. The van der Waals surface area contributed by atoms with E-state index in [1.807, 2.05) is 18.2 Å². The third-order valence-corrected chi connectivity index (χ3v) is 4.25. The Hall–Kier alpha value is -4.00. The summed E-state index contributed by atoms with van der Waals surface area (Å²) in [6.07, 6.45) is 0. The maximum atomic E-state index is 13.1. The number of ether oxygens (including phenoxy) is 1. The number of halogens is 1. The van der Waals surface area contributed by atoms with Crippen molar-refractivity contribution >= 4 is 11.6 Å². The minimum Gasteiger partial charge on any atom is -0.497 e. The molecule has 0 saturated carbocycles. The van der Waals surface area contributed by atoms with Gasteiger partial charge in [0.15, 0.2) is 0 Å². The fourth-order valence-electron chi connectivity index (χ4n) is 2.78. The van der Waals surface area contributed by atoms with Gasteiger partial charge in [0, 0.05) is 11.1 Å². The number of anilines is 1. The summed E-state index contributed by atoms with van der Waals surface area (Å²) < 4.78 is 24.1. The topological polar surface area (TPSA) is 77.3 Å². The number of para-hydroxylation sites is 1. The summed E-state index contributed by atoms with van der Waals surface area (Å²) in [5.41, 5.74) is 2.13. The van der Waals surface area contributed by atoms with Crippen molar-refractivity contribution in [2.45, 2.75) is 0 Å². The summed E-state index contributed by atoms with van der Waals surface area (Å²) in [5, 5.41) is 11.0. The van der Waals surface area contributed by atoms with Crippen molar-refractivity contribution < 1.29 is 18.3 Å². The van der Waals surface area contributed by atoms with Gasteiger partial charge in [0.2, 0.25) is 11.8 Å². The molecule has 7 heteroatoms. The van der Waals surface area contributed by atoms with Crippen LogP contribution in [0.25, 0.3) is 22.9 Å². The summed E-state index contributed by atoms with van der Waals surface area (Å²) in [6.45, 7) is 0. The second-order valence-corrected chi connectivity index (χ2v) is 6.15. The monoisotopic (exact) mass is 389 g/mol. The normalized spacial score (nSPS) is 10.6. The second kappa shape index (κ2) is 7.93. The molecule has 29 heavy (non-hydrogen) atoms. The van der Waals surface area contributed by atoms with Crippen LogP contribution in [0.4, 0.5) is 10.1 Å². The van der Waals surface area contributed by atoms with E-state index >= 15 is 0 Å². The first-order chi connectivity index (χ1) is 14.1. The molecule has 0 saturated heterocycles. The smallest absolute Gasteiger partial charge is 0.255 e. The fourth-order valence-corrected chi connectivity index (χ4v) is 2.78. The van der Waals surface area contributed by atoms with Gasteiger partial charge < -0.3 is 14.5 Å². The Kier molecular flexibility index (Phi) is 5.03. The number of methoxy groups -OCH3 is 1. The van der Waals surface area contributed by atoms with Crippen LogP contribution in [0.15, 0.2) is 77.2 Å². The van der Waals surface area contributed by atoms with Gasteiger partial charge in [-0.3, -0.25) is 4.79 Å². The number of nitrogens with zero attached hydrogens (tertiary/aromatic N) is 2. The third-order valence-electron chi connectivity index (χ3n) is 4.25. The first-order valence-electron chi connectivity index (χ1n) is 8.78. The van der Waals surface area contributed by atoms with E-state index in [1.54, 1.807) is 37.4 Å². The van der Waals surface area contributed by atoms with E-state index in [0.29, 0.717) is 28.5 Å². The molecule has 1 N–H and O–H groups in total. The highest BCUT2D eigenvalue weighted by molar-refractivity contribution is 6.05. The SMILES string of the molecule is COc1cccc(-c2nnc(-c3ccccc3NC(=O)c3ccc(F)cc3)o2)c1. The Morgan fingerprint density at radius 3 is 2.52 bits per heavy atom. The lowest BCUT2D eigenvalue weighted by Gasteiger charge is -2.08. The van der Waals surface area contributed by atoms with Crippen molar-refractivity contribution in [2.75, 3.05) is 12.4 Å². The van der Waals surface area contributed by atoms with Crippen LogP contribution in [-0.2, 0) is 0 Å². The molecule has 3 aromatic carbocycles. The maximum absolute atomic E-state index is 13.1. The highest BCUT2D eigenvalue weighted by Gasteiger charge is 2.16. The summed E-state index contributed by atoms with van der Waals surface area (Å²) in [4.78, 5) is 12.5. The third kappa shape index (κ3) is 3.98. The van der Waals surface area contributed by atoms with Gasteiger partial charge in [-0.1, -0.05) is 18.2 Å². The molecular formula is C22H16FN3O3. The molecule has 0 aliphatic heterocycles. The molecule has 4 aromatic rings. The molecule has 4 rings (SSSR count). The van der Waals surface area contributed by atoms with Gasteiger partial charge in [0.05, 0.1) is 18.4 Å². The lowest BCUT2D eigenvalue weighted by molar-refractivity contribution is 0.102. The van der Waals surface area contributed by atoms with E-state index < -0.39 is 5.82 Å². The average Bonchev–Trinajstić information content (AvgIpc) is 3.25. The first-order valence-corrected chi connectivity index (χ1v) is 8.78. The lowest BCUT2D eigenvalue weighted by atomic mass is 10.1. The van der Waals surface area contributed by atoms with E-state index in [2.05, 4.69) is 15.5 Å². The minimum absolute atomic E-state index is 0.262. The van der Waals surface area contributed by atoms with Crippen LogP contribution in [0, 0.1) is 5.82 Å². The Balaban J connectivity index is 1.62. The molecule has 1 amide bonds. The number of hydrogen-bond donors (Lipinski definition) is 1. The quantitative estimate of drug-likeness (QED) is 0.530. The fraction of sp³-hybridized carbons (Fsp3) is 0.0455. The molecule has 0 aliphatic rings. The minimum atomic E-state index is -0.405. The first kappa shape index (κ1) is 18.4. The summed E-state index contributed by atoms with van der Waals surface area (Å²) >= 11 is 0. The maximum Gasteiger partial charge on any atom is 0.255 e. The Morgan fingerprint density at radius 2 is 1.72 bits per heavy atom. The van der Waals surface area contributed by atoms with Crippen LogP contribution in [0.1, 0.15) is 10.4 Å². The predicted octanol–water partition coefficient (Wildman–Crippen LogP) is 4.80. The molecule has 0 aliphatic carbocycles. The zero-order valence-corrected chi connectivity index (χ0v) is 15.4. The zero-order chi connectivity index (χ0) is 20.2. The number of carbonyl (C=O) groups excluding carboxylic acids is 1. The van der Waals surface area contributed by atoms with Gasteiger partial charge in [-0.15, -0.1) is 10.2 Å².